The second kappa shape index (κ2) is 4.96. The fourth-order valence-corrected chi connectivity index (χ4v) is 2.56. The molecule has 9 heteroatoms. The van der Waals surface area contributed by atoms with Crippen LogP contribution in [0.15, 0.2) is 0 Å². The monoisotopic (exact) mass is 312 g/mol. The molecule has 1 heterocycles. The molecule has 2 rings (SSSR count). The predicted molar refractivity (Wildman–Crippen MR) is 61.2 cm³/mol. The molecule has 4 nitrogen and oxygen atoms in total. The molecule has 0 radical (unpaired) electrons. The summed E-state index contributed by atoms with van der Waals surface area (Å²) < 4.78 is 65.2. The number of aromatic carboxylic acids is 1. The lowest BCUT2D eigenvalue weighted by Crippen LogP contribution is -2.38. The molecule has 1 fully saturated rings. The first-order chi connectivity index (χ1) is 9.55. The summed E-state index contributed by atoms with van der Waals surface area (Å²) in [6.45, 7) is 1.17. The van der Waals surface area contributed by atoms with Gasteiger partial charge in [0.15, 0.2) is 5.69 Å². The number of halogens is 5. The summed E-state index contributed by atoms with van der Waals surface area (Å²) in [5.41, 5.74) is -2.65. The number of nitrogens with zero attached hydrogens (tertiary/aromatic N) is 2. The van der Waals surface area contributed by atoms with Crippen molar-refractivity contribution in [3.8, 4) is 0 Å². The molecule has 1 aromatic heterocycles. The van der Waals surface area contributed by atoms with Crippen LogP contribution >= 0.6 is 0 Å². The van der Waals surface area contributed by atoms with Gasteiger partial charge in [-0.25, -0.2) is 13.6 Å². The van der Waals surface area contributed by atoms with E-state index in [-0.39, 0.29) is 18.7 Å². The molecule has 0 saturated heterocycles. The van der Waals surface area contributed by atoms with Crippen LogP contribution in [0.4, 0.5) is 22.0 Å². The topological polar surface area (TPSA) is 55.1 Å². The lowest BCUT2D eigenvalue weighted by Gasteiger charge is -2.34. The molecule has 1 saturated carbocycles. The molecule has 1 aliphatic carbocycles. The van der Waals surface area contributed by atoms with Crippen molar-refractivity contribution in [3.63, 3.8) is 0 Å². The lowest BCUT2D eigenvalue weighted by atomic mass is 9.81. The summed E-state index contributed by atoms with van der Waals surface area (Å²) in [4.78, 5) is 11.1. The molecular formula is C12H13F5N2O2. The van der Waals surface area contributed by atoms with Gasteiger partial charge in [-0.2, -0.15) is 18.3 Å². The van der Waals surface area contributed by atoms with Crippen LogP contribution in [-0.2, 0) is 19.1 Å². The van der Waals surface area contributed by atoms with Crippen LogP contribution in [-0.4, -0.2) is 26.8 Å². The normalized spacial score (nSPS) is 18.6. The van der Waals surface area contributed by atoms with Crippen LogP contribution in [0, 0.1) is 5.92 Å². The zero-order valence-electron chi connectivity index (χ0n) is 11.0. The molecule has 0 aliphatic heterocycles. The molecule has 0 unspecified atom stereocenters. The van der Waals surface area contributed by atoms with Crippen LogP contribution in [0.1, 0.15) is 41.5 Å². The Labute approximate surface area is 116 Å². The maximum atomic E-state index is 13.0. The average Bonchev–Trinajstić information content (AvgIpc) is 2.64. The highest BCUT2D eigenvalue weighted by molar-refractivity contribution is 5.88. The molecule has 0 aromatic carbocycles. The Morgan fingerprint density at radius 2 is 2.00 bits per heavy atom. The number of alkyl halides is 5. The first-order valence-electron chi connectivity index (χ1n) is 6.33. The van der Waals surface area contributed by atoms with Gasteiger partial charge in [-0.15, -0.1) is 0 Å². The minimum atomic E-state index is -4.85. The fraction of sp³-hybridized carbons (Fsp3) is 0.667. The van der Waals surface area contributed by atoms with Crippen LogP contribution in [0.3, 0.4) is 0 Å². The zero-order valence-corrected chi connectivity index (χ0v) is 11.0. The lowest BCUT2D eigenvalue weighted by molar-refractivity contribution is -0.139. The van der Waals surface area contributed by atoms with E-state index in [0.717, 1.165) is 0 Å². The smallest absolute Gasteiger partial charge is 0.420 e. The Hall–Kier alpha value is -1.67. The Kier molecular flexibility index (Phi) is 3.71. The highest BCUT2D eigenvalue weighted by Gasteiger charge is 2.47. The predicted octanol–water partition coefficient (Wildman–Crippen LogP) is 3.21. The van der Waals surface area contributed by atoms with Crippen molar-refractivity contribution in [1.29, 1.82) is 0 Å². The molecule has 0 spiro atoms. The van der Waals surface area contributed by atoms with Crippen LogP contribution in [0.2, 0.25) is 0 Å². The van der Waals surface area contributed by atoms with Gasteiger partial charge in [-0.3, -0.25) is 4.68 Å². The largest absolute Gasteiger partial charge is 0.477 e. The Balaban J connectivity index is 2.37. The number of hydrogen-bond acceptors (Lipinski definition) is 2. The van der Waals surface area contributed by atoms with E-state index in [1.807, 2.05) is 0 Å². The highest BCUT2D eigenvalue weighted by atomic mass is 19.4. The van der Waals surface area contributed by atoms with Gasteiger partial charge >= 0.3 is 12.1 Å². The van der Waals surface area contributed by atoms with Crippen molar-refractivity contribution in [2.45, 2.75) is 44.8 Å². The molecule has 0 amide bonds. The number of aryl methyl sites for hydroxylation is 1. The number of rotatable bonds is 4. The van der Waals surface area contributed by atoms with Gasteiger partial charge in [0.1, 0.15) is 5.56 Å². The standard InChI is InChI=1S/C12H13F5N2O2/c1-2-7-8(12(15,16)17)9(10(20)21)19(18-7)5-6-3-11(13,14)4-6/h6H,2-5H2,1H3,(H,20,21). The zero-order chi connectivity index (χ0) is 16.0. The van der Waals surface area contributed by atoms with Gasteiger partial charge in [0.25, 0.3) is 0 Å². The second-order valence-corrected chi connectivity index (χ2v) is 5.14. The van der Waals surface area contributed by atoms with E-state index < -0.39 is 48.1 Å². The van der Waals surface area contributed by atoms with E-state index in [0.29, 0.717) is 4.68 Å². The molecule has 21 heavy (non-hydrogen) atoms. The maximum absolute atomic E-state index is 13.0. The average molecular weight is 312 g/mol. The number of aromatic nitrogens is 2. The molecule has 0 atom stereocenters. The van der Waals surface area contributed by atoms with Crippen molar-refractivity contribution in [2.75, 3.05) is 0 Å². The number of carboxylic acid groups (broad SMARTS) is 1. The van der Waals surface area contributed by atoms with Crippen LogP contribution < -0.4 is 0 Å². The van der Waals surface area contributed by atoms with E-state index in [2.05, 4.69) is 5.10 Å². The first kappa shape index (κ1) is 15.7. The molecule has 1 aliphatic rings. The molecule has 0 bridgehead atoms. The van der Waals surface area contributed by atoms with Crippen molar-refractivity contribution in [3.05, 3.63) is 17.0 Å². The van der Waals surface area contributed by atoms with Gasteiger partial charge in [0.2, 0.25) is 5.92 Å². The summed E-state index contributed by atoms with van der Waals surface area (Å²) in [6.07, 6.45) is -5.87. The molecule has 1 aromatic rings. The van der Waals surface area contributed by atoms with Gasteiger partial charge in [0, 0.05) is 19.4 Å². The number of hydrogen-bond donors (Lipinski definition) is 1. The summed E-state index contributed by atoms with van der Waals surface area (Å²) in [5.74, 6) is -5.15. The van der Waals surface area contributed by atoms with E-state index in [1.54, 1.807) is 0 Å². The highest BCUT2D eigenvalue weighted by Crippen LogP contribution is 2.44. The summed E-state index contributed by atoms with van der Waals surface area (Å²) in [6, 6.07) is 0. The van der Waals surface area contributed by atoms with E-state index in [1.165, 1.54) is 6.92 Å². The third kappa shape index (κ3) is 3.01. The minimum absolute atomic E-state index is 0.0943. The summed E-state index contributed by atoms with van der Waals surface area (Å²) in [5, 5.41) is 12.7. The van der Waals surface area contributed by atoms with E-state index in [4.69, 9.17) is 5.11 Å². The Bertz CT molecular complexity index is 557. The number of carbonyl (C=O) groups is 1. The second-order valence-electron chi connectivity index (χ2n) is 5.14. The minimum Gasteiger partial charge on any atom is -0.477 e. The van der Waals surface area contributed by atoms with Crippen molar-refractivity contribution < 1.29 is 31.9 Å². The van der Waals surface area contributed by atoms with Crippen molar-refractivity contribution in [2.24, 2.45) is 5.92 Å². The van der Waals surface area contributed by atoms with Crippen LogP contribution in [0.25, 0.3) is 0 Å². The van der Waals surface area contributed by atoms with Gasteiger partial charge in [-0.05, 0) is 12.3 Å². The molecule has 118 valence electrons. The fourth-order valence-electron chi connectivity index (χ4n) is 2.56. The van der Waals surface area contributed by atoms with Crippen LogP contribution in [0.5, 0.6) is 0 Å². The third-order valence-electron chi connectivity index (χ3n) is 3.45. The molecule has 1 N–H and O–H groups in total. The first-order valence-corrected chi connectivity index (χ1v) is 6.33. The van der Waals surface area contributed by atoms with Crippen molar-refractivity contribution in [1.82, 2.24) is 9.78 Å². The van der Waals surface area contributed by atoms with E-state index in [9.17, 15) is 26.7 Å². The Morgan fingerprint density at radius 1 is 1.43 bits per heavy atom. The van der Waals surface area contributed by atoms with Gasteiger partial charge in [-0.1, -0.05) is 6.92 Å². The number of carboxylic acids is 1. The SMILES string of the molecule is CCc1nn(CC2CC(F)(F)C2)c(C(=O)O)c1C(F)(F)F. The van der Waals surface area contributed by atoms with Gasteiger partial charge in [0.05, 0.1) is 5.69 Å². The van der Waals surface area contributed by atoms with E-state index >= 15 is 0 Å². The third-order valence-corrected chi connectivity index (χ3v) is 3.45. The van der Waals surface area contributed by atoms with Crippen molar-refractivity contribution >= 4 is 5.97 Å². The molecular weight excluding hydrogens is 299 g/mol. The quantitative estimate of drug-likeness (QED) is 0.869. The maximum Gasteiger partial charge on any atom is 0.420 e. The summed E-state index contributed by atoms with van der Waals surface area (Å²) in [7, 11) is 0. The summed E-state index contributed by atoms with van der Waals surface area (Å²) >= 11 is 0. The Morgan fingerprint density at radius 3 is 2.38 bits per heavy atom. The van der Waals surface area contributed by atoms with Gasteiger partial charge < -0.3 is 5.11 Å².